The van der Waals surface area contributed by atoms with Gasteiger partial charge in [0.25, 0.3) is 0 Å². The molecule has 1 fully saturated rings. The number of nitrogens with one attached hydrogen (secondary N) is 1. The summed E-state index contributed by atoms with van der Waals surface area (Å²) in [5, 5.41) is 3.39. The standard InChI is InChI=1S/C21H26FN3O2.ClH/c1-24(14-16-7-3-5-9-18(16)22)21(26)15-25-12-11-23-13-19(25)17-8-4-6-10-20(17)27-2;/h3-10,19,23H,11-15H2,1-2H3;1H. The Morgan fingerprint density at radius 2 is 1.96 bits per heavy atom. The van der Waals surface area contributed by atoms with Crippen LogP contribution in [0.3, 0.4) is 0 Å². The van der Waals surface area contributed by atoms with E-state index in [-0.39, 0.29) is 43.3 Å². The maximum atomic E-state index is 13.9. The minimum Gasteiger partial charge on any atom is -0.496 e. The van der Waals surface area contributed by atoms with Crippen LogP contribution in [0.2, 0.25) is 0 Å². The average Bonchev–Trinajstić information content (AvgIpc) is 2.70. The van der Waals surface area contributed by atoms with Crippen molar-refractivity contribution in [3.05, 3.63) is 65.5 Å². The molecule has 1 amide bonds. The molecule has 5 nitrogen and oxygen atoms in total. The van der Waals surface area contributed by atoms with Crippen molar-refractivity contribution in [2.24, 2.45) is 0 Å². The first-order chi connectivity index (χ1) is 13.1. The highest BCUT2D eigenvalue weighted by atomic mass is 35.5. The molecule has 1 saturated heterocycles. The fourth-order valence-electron chi connectivity index (χ4n) is 3.45. The molecule has 1 unspecified atom stereocenters. The van der Waals surface area contributed by atoms with Gasteiger partial charge in [-0.2, -0.15) is 0 Å². The molecule has 3 rings (SSSR count). The molecule has 0 bridgehead atoms. The molecular weight excluding hydrogens is 381 g/mol. The Hall–Kier alpha value is -2.15. The minimum atomic E-state index is -0.286. The molecular formula is C21H27ClFN3O2. The zero-order valence-electron chi connectivity index (χ0n) is 16.2. The number of ether oxygens (including phenoxy) is 1. The molecule has 1 aliphatic heterocycles. The second-order valence-corrected chi connectivity index (χ2v) is 6.77. The summed E-state index contributed by atoms with van der Waals surface area (Å²) >= 11 is 0. The van der Waals surface area contributed by atoms with E-state index >= 15 is 0 Å². The minimum absolute atomic E-state index is 0. The van der Waals surface area contributed by atoms with E-state index in [0.29, 0.717) is 5.56 Å². The molecule has 0 saturated carbocycles. The fourth-order valence-corrected chi connectivity index (χ4v) is 3.45. The van der Waals surface area contributed by atoms with E-state index in [1.54, 1.807) is 37.3 Å². The van der Waals surface area contributed by atoms with Crippen LogP contribution in [-0.2, 0) is 11.3 Å². The van der Waals surface area contributed by atoms with Gasteiger partial charge in [0.2, 0.25) is 5.91 Å². The highest BCUT2D eigenvalue weighted by molar-refractivity contribution is 5.85. The summed E-state index contributed by atoms with van der Waals surface area (Å²) in [4.78, 5) is 16.5. The Morgan fingerprint density at radius 1 is 1.25 bits per heavy atom. The van der Waals surface area contributed by atoms with Gasteiger partial charge in [-0.05, 0) is 12.1 Å². The zero-order valence-corrected chi connectivity index (χ0v) is 17.0. The van der Waals surface area contributed by atoms with Gasteiger partial charge in [0, 0.05) is 44.4 Å². The molecule has 152 valence electrons. The topological polar surface area (TPSA) is 44.8 Å². The number of hydrogen-bond acceptors (Lipinski definition) is 4. The van der Waals surface area contributed by atoms with Crippen LogP contribution in [0.5, 0.6) is 5.75 Å². The van der Waals surface area contributed by atoms with Crippen LogP contribution in [0.1, 0.15) is 17.2 Å². The second kappa shape index (κ2) is 10.4. The number of benzene rings is 2. The quantitative estimate of drug-likeness (QED) is 0.799. The number of nitrogens with zero attached hydrogens (tertiary/aromatic N) is 2. The number of methoxy groups -OCH3 is 1. The molecule has 1 atom stereocenters. The Morgan fingerprint density at radius 3 is 2.71 bits per heavy atom. The third-order valence-electron chi connectivity index (χ3n) is 4.98. The van der Waals surface area contributed by atoms with E-state index in [2.05, 4.69) is 10.2 Å². The lowest BCUT2D eigenvalue weighted by Gasteiger charge is -2.37. The van der Waals surface area contributed by atoms with E-state index in [4.69, 9.17) is 4.74 Å². The number of halogens is 2. The van der Waals surface area contributed by atoms with Crippen molar-refractivity contribution in [1.82, 2.24) is 15.1 Å². The van der Waals surface area contributed by atoms with E-state index in [1.165, 1.54) is 6.07 Å². The molecule has 0 radical (unpaired) electrons. The van der Waals surface area contributed by atoms with Crippen LogP contribution in [0.4, 0.5) is 4.39 Å². The summed E-state index contributed by atoms with van der Waals surface area (Å²) < 4.78 is 19.4. The lowest BCUT2D eigenvalue weighted by Crippen LogP contribution is -2.49. The number of carbonyl (C=O) groups excluding carboxylic acids is 1. The van der Waals surface area contributed by atoms with Gasteiger partial charge in [0.05, 0.1) is 19.7 Å². The molecule has 7 heteroatoms. The number of piperazine rings is 1. The molecule has 0 aromatic heterocycles. The average molecular weight is 408 g/mol. The summed E-state index contributed by atoms with van der Waals surface area (Å²) in [6.45, 7) is 2.90. The van der Waals surface area contributed by atoms with Gasteiger partial charge in [0.1, 0.15) is 11.6 Å². The summed E-state index contributed by atoms with van der Waals surface area (Å²) in [7, 11) is 3.38. The molecule has 0 spiro atoms. The second-order valence-electron chi connectivity index (χ2n) is 6.77. The Kier molecular flexibility index (Phi) is 8.23. The van der Waals surface area contributed by atoms with Crippen molar-refractivity contribution >= 4 is 18.3 Å². The summed E-state index contributed by atoms with van der Waals surface area (Å²) in [5.74, 6) is 0.509. The molecule has 28 heavy (non-hydrogen) atoms. The van der Waals surface area contributed by atoms with Crippen LogP contribution in [0.15, 0.2) is 48.5 Å². The largest absolute Gasteiger partial charge is 0.496 e. The van der Waals surface area contributed by atoms with Crippen LogP contribution >= 0.6 is 12.4 Å². The zero-order chi connectivity index (χ0) is 19.2. The van der Waals surface area contributed by atoms with E-state index in [0.717, 1.165) is 30.9 Å². The first kappa shape index (κ1) is 22.1. The molecule has 2 aromatic rings. The van der Waals surface area contributed by atoms with Gasteiger partial charge in [-0.3, -0.25) is 9.69 Å². The highest BCUT2D eigenvalue weighted by Gasteiger charge is 2.28. The third-order valence-corrected chi connectivity index (χ3v) is 4.98. The lowest BCUT2D eigenvalue weighted by atomic mass is 10.0. The predicted molar refractivity (Wildman–Crippen MR) is 110 cm³/mol. The van der Waals surface area contributed by atoms with Crippen LogP contribution < -0.4 is 10.1 Å². The van der Waals surface area contributed by atoms with Crippen molar-refractivity contribution in [3.63, 3.8) is 0 Å². The number of rotatable bonds is 6. The van der Waals surface area contributed by atoms with E-state index in [9.17, 15) is 9.18 Å². The van der Waals surface area contributed by atoms with Gasteiger partial charge in [0.15, 0.2) is 0 Å². The van der Waals surface area contributed by atoms with Gasteiger partial charge >= 0.3 is 0 Å². The highest BCUT2D eigenvalue weighted by Crippen LogP contribution is 2.30. The maximum absolute atomic E-state index is 13.9. The van der Waals surface area contributed by atoms with Crippen molar-refractivity contribution < 1.29 is 13.9 Å². The molecule has 2 aromatic carbocycles. The first-order valence-electron chi connectivity index (χ1n) is 9.15. The van der Waals surface area contributed by atoms with Crippen LogP contribution in [-0.4, -0.2) is 56.0 Å². The van der Waals surface area contributed by atoms with Crippen molar-refractivity contribution in [1.29, 1.82) is 0 Å². The van der Waals surface area contributed by atoms with Gasteiger partial charge in [-0.25, -0.2) is 4.39 Å². The monoisotopic (exact) mass is 407 g/mol. The molecule has 1 aliphatic rings. The molecule has 0 aliphatic carbocycles. The smallest absolute Gasteiger partial charge is 0.236 e. The number of likely N-dealkylation sites (N-methyl/N-ethyl adjacent to an activating group) is 1. The lowest BCUT2D eigenvalue weighted by molar-refractivity contribution is -0.132. The number of para-hydroxylation sites is 1. The number of carbonyl (C=O) groups is 1. The Bertz CT molecular complexity index is 790. The maximum Gasteiger partial charge on any atom is 0.236 e. The van der Waals surface area contributed by atoms with Gasteiger partial charge in [-0.1, -0.05) is 36.4 Å². The van der Waals surface area contributed by atoms with Crippen molar-refractivity contribution in [2.75, 3.05) is 40.3 Å². The molecule has 1 N–H and O–H groups in total. The van der Waals surface area contributed by atoms with Gasteiger partial charge < -0.3 is 15.0 Å². The SMILES string of the molecule is COc1ccccc1C1CNCCN1CC(=O)N(C)Cc1ccccc1F.Cl. The molecule has 1 heterocycles. The predicted octanol–water partition coefficient (Wildman–Crippen LogP) is 2.86. The number of hydrogen-bond donors (Lipinski definition) is 1. The van der Waals surface area contributed by atoms with Crippen LogP contribution in [0.25, 0.3) is 0 Å². The Labute approximate surface area is 171 Å². The van der Waals surface area contributed by atoms with E-state index < -0.39 is 0 Å². The van der Waals surface area contributed by atoms with Gasteiger partial charge in [-0.15, -0.1) is 12.4 Å². The summed E-state index contributed by atoms with van der Waals surface area (Å²) in [6, 6.07) is 14.5. The van der Waals surface area contributed by atoms with Crippen molar-refractivity contribution in [2.45, 2.75) is 12.6 Å². The van der Waals surface area contributed by atoms with Crippen LogP contribution in [0, 0.1) is 5.82 Å². The Balaban J connectivity index is 0.00000280. The fraction of sp³-hybridized carbons (Fsp3) is 0.381. The first-order valence-corrected chi connectivity index (χ1v) is 9.15. The van der Waals surface area contributed by atoms with E-state index in [1.807, 2.05) is 24.3 Å². The normalized spacial score (nSPS) is 16.9. The summed E-state index contributed by atoms with van der Waals surface area (Å²) in [5.41, 5.74) is 1.59. The van der Waals surface area contributed by atoms with Crippen molar-refractivity contribution in [3.8, 4) is 5.75 Å². The third kappa shape index (κ3) is 5.22. The summed E-state index contributed by atoms with van der Waals surface area (Å²) in [6.07, 6.45) is 0. The number of amides is 1.